The third-order valence-corrected chi connectivity index (χ3v) is 6.65. The first-order valence-corrected chi connectivity index (χ1v) is 10.8. The topological polar surface area (TPSA) is 108 Å². The Morgan fingerprint density at radius 1 is 1.25 bits per heavy atom. The Morgan fingerprint density at radius 2 is 2.04 bits per heavy atom. The molecule has 0 aliphatic carbocycles. The van der Waals surface area contributed by atoms with Crippen LogP contribution in [-0.2, 0) is 16.4 Å². The monoisotopic (exact) mass is 399 g/mol. The summed E-state index contributed by atoms with van der Waals surface area (Å²) in [5.41, 5.74) is 1.26. The first-order valence-electron chi connectivity index (χ1n) is 9.28. The normalized spacial score (nSPS) is 17.0. The standard InChI is InChI=1S/C19H21N5O3S/c20-12-17-19(22-7-6-21-17)24-8-3-14(4-9-24)13-23-28(25,26)16-1-2-18-15(11-16)5-10-27-18/h1-2,6-7,11,14,23H,3-5,8-10,13H2. The van der Waals surface area contributed by atoms with Gasteiger partial charge in [-0.1, -0.05) is 0 Å². The van der Waals surface area contributed by atoms with Gasteiger partial charge in [0.25, 0.3) is 0 Å². The SMILES string of the molecule is N#Cc1nccnc1N1CCC(CNS(=O)(=O)c2ccc3c(c2)CCO3)CC1. The molecule has 0 saturated carbocycles. The van der Waals surface area contributed by atoms with E-state index in [0.717, 1.165) is 43.7 Å². The van der Waals surface area contributed by atoms with Gasteiger partial charge in [0.1, 0.15) is 11.8 Å². The van der Waals surface area contributed by atoms with Crippen LogP contribution in [-0.4, -0.2) is 44.6 Å². The number of sulfonamides is 1. The average Bonchev–Trinajstić information content (AvgIpc) is 3.21. The van der Waals surface area contributed by atoms with Gasteiger partial charge in [-0.3, -0.25) is 0 Å². The van der Waals surface area contributed by atoms with Gasteiger partial charge in [-0.25, -0.2) is 23.1 Å². The smallest absolute Gasteiger partial charge is 0.240 e. The lowest BCUT2D eigenvalue weighted by Crippen LogP contribution is -2.39. The number of hydrogen-bond donors (Lipinski definition) is 1. The molecule has 0 radical (unpaired) electrons. The zero-order valence-electron chi connectivity index (χ0n) is 15.3. The maximum Gasteiger partial charge on any atom is 0.240 e. The molecule has 4 rings (SSSR count). The van der Waals surface area contributed by atoms with Crippen LogP contribution in [0, 0.1) is 17.2 Å². The first kappa shape index (κ1) is 18.7. The lowest BCUT2D eigenvalue weighted by molar-refractivity contribution is 0.356. The fraction of sp³-hybridized carbons (Fsp3) is 0.421. The van der Waals surface area contributed by atoms with Crippen LogP contribution in [0.5, 0.6) is 5.75 Å². The highest BCUT2D eigenvalue weighted by Crippen LogP contribution is 2.28. The molecule has 146 valence electrons. The molecule has 1 N–H and O–H groups in total. The van der Waals surface area contributed by atoms with Crippen molar-refractivity contribution >= 4 is 15.8 Å². The van der Waals surface area contributed by atoms with Crippen molar-refractivity contribution in [1.29, 1.82) is 5.26 Å². The maximum absolute atomic E-state index is 12.6. The molecular weight excluding hydrogens is 378 g/mol. The summed E-state index contributed by atoms with van der Waals surface area (Å²) in [6.07, 6.45) is 5.47. The largest absolute Gasteiger partial charge is 0.493 e. The van der Waals surface area contributed by atoms with Gasteiger partial charge >= 0.3 is 0 Å². The van der Waals surface area contributed by atoms with Crippen molar-refractivity contribution in [1.82, 2.24) is 14.7 Å². The quantitative estimate of drug-likeness (QED) is 0.811. The Bertz CT molecular complexity index is 1010. The number of anilines is 1. The third-order valence-electron chi connectivity index (χ3n) is 5.23. The highest BCUT2D eigenvalue weighted by molar-refractivity contribution is 7.89. The second-order valence-electron chi connectivity index (χ2n) is 6.99. The number of nitrogens with one attached hydrogen (secondary N) is 1. The molecule has 2 aliphatic rings. The van der Waals surface area contributed by atoms with Crippen molar-refractivity contribution in [2.24, 2.45) is 5.92 Å². The molecule has 2 aliphatic heterocycles. The highest BCUT2D eigenvalue weighted by atomic mass is 32.2. The van der Waals surface area contributed by atoms with Gasteiger partial charge in [-0.05, 0) is 42.5 Å². The van der Waals surface area contributed by atoms with E-state index in [1.54, 1.807) is 24.4 Å². The molecule has 1 aromatic carbocycles. The molecule has 9 heteroatoms. The number of fused-ring (bicyclic) bond motifs is 1. The van der Waals surface area contributed by atoms with E-state index in [1.165, 1.54) is 6.20 Å². The summed E-state index contributed by atoms with van der Waals surface area (Å²) < 4.78 is 33.4. The van der Waals surface area contributed by atoms with Crippen molar-refractivity contribution in [3.63, 3.8) is 0 Å². The van der Waals surface area contributed by atoms with Crippen LogP contribution in [0.2, 0.25) is 0 Å². The Balaban J connectivity index is 1.34. The molecule has 3 heterocycles. The molecule has 8 nitrogen and oxygen atoms in total. The molecule has 1 saturated heterocycles. The van der Waals surface area contributed by atoms with Crippen molar-refractivity contribution in [3.05, 3.63) is 41.9 Å². The number of rotatable bonds is 5. The maximum atomic E-state index is 12.6. The summed E-state index contributed by atoms with van der Waals surface area (Å²) in [4.78, 5) is 10.6. The molecular formula is C19H21N5O3S. The van der Waals surface area contributed by atoms with Crippen molar-refractivity contribution < 1.29 is 13.2 Å². The van der Waals surface area contributed by atoms with Gasteiger partial charge in [-0.15, -0.1) is 0 Å². The van der Waals surface area contributed by atoms with Gasteiger partial charge in [0.15, 0.2) is 11.5 Å². The third kappa shape index (κ3) is 3.79. The second-order valence-corrected chi connectivity index (χ2v) is 8.76. The lowest BCUT2D eigenvalue weighted by atomic mass is 9.97. The molecule has 1 fully saturated rings. The minimum absolute atomic E-state index is 0.242. The summed E-state index contributed by atoms with van der Waals surface area (Å²) in [5.74, 6) is 1.61. The molecule has 0 amide bonds. The summed E-state index contributed by atoms with van der Waals surface area (Å²) in [6.45, 7) is 2.44. The Morgan fingerprint density at radius 3 is 2.82 bits per heavy atom. The lowest BCUT2D eigenvalue weighted by Gasteiger charge is -2.32. The number of ether oxygens (including phenoxy) is 1. The molecule has 1 aromatic heterocycles. The summed E-state index contributed by atoms with van der Waals surface area (Å²) >= 11 is 0. The van der Waals surface area contributed by atoms with E-state index in [2.05, 4.69) is 20.8 Å². The van der Waals surface area contributed by atoms with E-state index in [0.29, 0.717) is 24.7 Å². The van der Waals surface area contributed by atoms with Crippen molar-refractivity contribution in [2.45, 2.75) is 24.2 Å². The number of hydrogen-bond acceptors (Lipinski definition) is 7. The van der Waals surface area contributed by atoms with Crippen LogP contribution >= 0.6 is 0 Å². The van der Waals surface area contributed by atoms with Gasteiger partial charge in [0.2, 0.25) is 10.0 Å². The number of nitrogens with zero attached hydrogens (tertiary/aromatic N) is 4. The van der Waals surface area contributed by atoms with Crippen LogP contribution < -0.4 is 14.4 Å². The van der Waals surface area contributed by atoms with Gasteiger partial charge in [0.05, 0.1) is 11.5 Å². The van der Waals surface area contributed by atoms with Gasteiger partial charge in [0, 0.05) is 38.4 Å². The average molecular weight is 399 g/mol. The minimum Gasteiger partial charge on any atom is -0.493 e. The van der Waals surface area contributed by atoms with Crippen LogP contribution in [0.3, 0.4) is 0 Å². The minimum atomic E-state index is -3.54. The van der Waals surface area contributed by atoms with Crippen molar-refractivity contribution in [2.75, 3.05) is 31.1 Å². The predicted octanol–water partition coefficient (Wildman–Crippen LogP) is 1.48. The first-order chi connectivity index (χ1) is 13.6. The molecule has 0 atom stereocenters. The summed E-state index contributed by atoms with van der Waals surface area (Å²) in [5, 5.41) is 9.18. The van der Waals surface area contributed by atoms with Crippen LogP contribution in [0.4, 0.5) is 5.82 Å². The number of nitriles is 1. The number of aromatic nitrogens is 2. The Hall–Kier alpha value is -2.70. The highest BCUT2D eigenvalue weighted by Gasteiger charge is 2.25. The van der Waals surface area contributed by atoms with Crippen LogP contribution in [0.25, 0.3) is 0 Å². The predicted molar refractivity (Wildman–Crippen MR) is 103 cm³/mol. The summed E-state index contributed by atoms with van der Waals surface area (Å²) in [6, 6.07) is 7.08. The van der Waals surface area contributed by atoms with E-state index in [4.69, 9.17) is 4.74 Å². The van der Waals surface area contributed by atoms with E-state index in [9.17, 15) is 13.7 Å². The molecule has 2 aromatic rings. The molecule has 28 heavy (non-hydrogen) atoms. The van der Waals surface area contributed by atoms with Gasteiger partial charge in [-0.2, -0.15) is 5.26 Å². The Labute approximate surface area is 164 Å². The zero-order chi connectivity index (χ0) is 19.6. The van der Waals surface area contributed by atoms with E-state index in [-0.39, 0.29) is 10.8 Å². The second kappa shape index (κ2) is 7.73. The van der Waals surface area contributed by atoms with Crippen molar-refractivity contribution in [3.8, 4) is 11.8 Å². The molecule has 0 bridgehead atoms. The molecule has 0 spiro atoms. The fourth-order valence-corrected chi connectivity index (χ4v) is 4.80. The zero-order valence-corrected chi connectivity index (χ0v) is 16.2. The number of benzene rings is 1. The van der Waals surface area contributed by atoms with E-state index in [1.807, 2.05) is 4.90 Å². The summed E-state index contributed by atoms with van der Waals surface area (Å²) in [7, 11) is -3.54. The molecule has 0 unspecified atom stereocenters. The number of piperidine rings is 1. The van der Waals surface area contributed by atoms with E-state index < -0.39 is 10.0 Å². The Kier molecular flexibility index (Phi) is 5.15. The van der Waals surface area contributed by atoms with Gasteiger partial charge < -0.3 is 9.64 Å². The van der Waals surface area contributed by atoms with Crippen LogP contribution in [0.15, 0.2) is 35.5 Å². The fourth-order valence-electron chi connectivity index (χ4n) is 3.63. The van der Waals surface area contributed by atoms with E-state index >= 15 is 0 Å². The van der Waals surface area contributed by atoms with Crippen LogP contribution in [0.1, 0.15) is 24.1 Å².